The van der Waals surface area contributed by atoms with E-state index in [1.165, 1.54) is 11.3 Å². The van der Waals surface area contributed by atoms with Gasteiger partial charge in [-0.1, -0.05) is 13.8 Å². The van der Waals surface area contributed by atoms with E-state index in [1.54, 1.807) is 6.08 Å². The maximum absolute atomic E-state index is 12.2. The third kappa shape index (κ3) is 3.98. The lowest BCUT2D eigenvalue weighted by Gasteiger charge is -2.12. The van der Waals surface area contributed by atoms with Gasteiger partial charge in [0.2, 0.25) is 0 Å². The zero-order valence-corrected chi connectivity index (χ0v) is 14.3. The largest absolute Gasteiger partial charge is 0.464 e. The zero-order valence-electron chi connectivity index (χ0n) is 12.6. The first-order valence-electron chi connectivity index (χ1n) is 6.83. The quantitative estimate of drug-likeness (QED) is 0.608. The predicted octanol–water partition coefficient (Wildman–Crippen LogP) is 3.29. The van der Waals surface area contributed by atoms with Crippen molar-refractivity contribution in [3.8, 4) is 0 Å². The minimum Gasteiger partial charge on any atom is -0.464 e. The minimum atomic E-state index is -0.565. The van der Waals surface area contributed by atoms with Crippen LogP contribution in [0.15, 0.2) is 16.4 Å². The molecule has 0 aromatic carbocycles. The van der Waals surface area contributed by atoms with E-state index in [9.17, 15) is 14.4 Å². The summed E-state index contributed by atoms with van der Waals surface area (Å²) in [4.78, 5) is 38.0. The number of hydrogen-bond acceptors (Lipinski definition) is 6. The number of imide groups is 1. The summed E-state index contributed by atoms with van der Waals surface area (Å²) in [6.45, 7) is 5.71. The van der Waals surface area contributed by atoms with E-state index in [0.29, 0.717) is 4.91 Å². The second kappa shape index (κ2) is 7.11. The van der Waals surface area contributed by atoms with Crippen LogP contribution in [0.25, 0.3) is 6.08 Å². The first kappa shape index (κ1) is 16.8. The summed E-state index contributed by atoms with van der Waals surface area (Å²) in [6.07, 6.45) is 1.70. The van der Waals surface area contributed by atoms with Gasteiger partial charge in [0.15, 0.2) is 0 Å². The highest BCUT2D eigenvalue weighted by atomic mass is 32.2. The molecule has 22 heavy (non-hydrogen) atoms. The normalized spacial score (nSPS) is 16.9. The second-order valence-corrected chi connectivity index (χ2v) is 7.25. The maximum Gasteiger partial charge on any atom is 0.326 e. The fraction of sp³-hybridized carbons (Fsp3) is 0.400. The van der Waals surface area contributed by atoms with E-state index in [0.717, 1.165) is 27.1 Å². The predicted molar refractivity (Wildman–Crippen MR) is 87.5 cm³/mol. The number of carbonyl (C=O) groups excluding carboxylic acids is 3. The van der Waals surface area contributed by atoms with Crippen LogP contribution >= 0.6 is 23.1 Å². The molecule has 2 rings (SSSR count). The Morgan fingerprint density at radius 2 is 2.14 bits per heavy atom. The average Bonchev–Trinajstić information content (AvgIpc) is 2.96. The molecule has 1 aliphatic rings. The molecule has 1 aliphatic heterocycles. The Labute approximate surface area is 137 Å². The summed E-state index contributed by atoms with van der Waals surface area (Å²) in [5.41, 5.74) is 1.05. The number of hydrogen-bond donors (Lipinski definition) is 0. The van der Waals surface area contributed by atoms with Crippen LogP contribution in [0, 0.1) is 12.8 Å². The molecule has 0 unspecified atom stereocenters. The Kier molecular flexibility index (Phi) is 5.42. The molecule has 0 spiro atoms. The lowest BCUT2D eigenvalue weighted by Crippen LogP contribution is -2.34. The van der Waals surface area contributed by atoms with Crippen molar-refractivity contribution in [3.63, 3.8) is 0 Å². The molecule has 7 heteroatoms. The van der Waals surface area contributed by atoms with Crippen molar-refractivity contribution in [2.24, 2.45) is 5.92 Å². The lowest BCUT2D eigenvalue weighted by atomic mass is 10.2. The van der Waals surface area contributed by atoms with Gasteiger partial charge < -0.3 is 4.74 Å². The number of thiophene rings is 1. The monoisotopic (exact) mass is 339 g/mol. The highest BCUT2D eigenvalue weighted by Crippen LogP contribution is 2.33. The summed E-state index contributed by atoms with van der Waals surface area (Å²) in [7, 11) is 0. The standard InChI is InChI=1S/C15H17NO4S2/c1-9(2)8-20-13(17)7-16-14(18)12(22-15(16)19)6-11-10(3)4-5-21-11/h4-6,9H,7-8H2,1-3H3/b12-6+. The molecule has 0 saturated carbocycles. The smallest absolute Gasteiger partial charge is 0.326 e. The van der Waals surface area contributed by atoms with Crippen molar-refractivity contribution in [2.45, 2.75) is 20.8 Å². The summed E-state index contributed by atoms with van der Waals surface area (Å²) in [5, 5.41) is 1.49. The van der Waals surface area contributed by atoms with Gasteiger partial charge >= 0.3 is 5.97 Å². The number of aryl methyl sites for hydroxylation is 1. The highest BCUT2D eigenvalue weighted by molar-refractivity contribution is 8.18. The van der Waals surface area contributed by atoms with Crippen molar-refractivity contribution in [3.05, 3.63) is 26.8 Å². The van der Waals surface area contributed by atoms with Gasteiger partial charge in [0.05, 0.1) is 11.5 Å². The van der Waals surface area contributed by atoms with Crippen LogP contribution in [0.5, 0.6) is 0 Å². The van der Waals surface area contributed by atoms with Gasteiger partial charge in [-0.3, -0.25) is 19.3 Å². The molecule has 0 N–H and O–H groups in total. The van der Waals surface area contributed by atoms with E-state index in [-0.39, 0.29) is 19.1 Å². The molecule has 0 radical (unpaired) electrons. The molecule has 118 valence electrons. The van der Waals surface area contributed by atoms with Crippen molar-refractivity contribution < 1.29 is 19.1 Å². The molecule has 1 fully saturated rings. The number of nitrogens with zero attached hydrogens (tertiary/aromatic N) is 1. The molecular weight excluding hydrogens is 322 g/mol. The zero-order chi connectivity index (χ0) is 16.3. The van der Waals surface area contributed by atoms with Gasteiger partial charge in [-0.2, -0.15) is 0 Å². The van der Waals surface area contributed by atoms with Gasteiger partial charge in [0, 0.05) is 4.88 Å². The molecule has 2 heterocycles. The van der Waals surface area contributed by atoms with Crippen LogP contribution in [0.2, 0.25) is 0 Å². The number of ether oxygens (including phenoxy) is 1. The number of carbonyl (C=O) groups is 3. The molecule has 1 aromatic rings. The maximum atomic E-state index is 12.2. The third-order valence-corrected chi connectivity index (χ3v) is 4.78. The van der Waals surface area contributed by atoms with Crippen LogP contribution in [0.3, 0.4) is 0 Å². The Morgan fingerprint density at radius 3 is 2.73 bits per heavy atom. The van der Waals surface area contributed by atoms with Crippen molar-refractivity contribution in [1.82, 2.24) is 4.90 Å². The molecule has 1 saturated heterocycles. The first-order valence-corrected chi connectivity index (χ1v) is 8.53. The Morgan fingerprint density at radius 1 is 1.41 bits per heavy atom. The topological polar surface area (TPSA) is 63.7 Å². The number of rotatable bonds is 5. The van der Waals surface area contributed by atoms with Crippen molar-refractivity contribution >= 4 is 46.3 Å². The Hall–Kier alpha value is -1.60. The summed E-state index contributed by atoms with van der Waals surface area (Å²) in [5.74, 6) is -0.797. The van der Waals surface area contributed by atoms with Gasteiger partial charge in [0.25, 0.3) is 11.1 Å². The van der Waals surface area contributed by atoms with Crippen molar-refractivity contribution in [2.75, 3.05) is 13.2 Å². The fourth-order valence-electron chi connectivity index (χ4n) is 1.72. The minimum absolute atomic E-state index is 0.209. The van der Waals surface area contributed by atoms with Gasteiger partial charge in [-0.25, -0.2) is 0 Å². The molecule has 1 aromatic heterocycles. The van der Waals surface area contributed by atoms with Crippen LogP contribution < -0.4 is 0 Å². The molecule has 5 nitrogen and oxygen atoms in total. The van der Waals surface area contributed by atoms with E-state index >= 15 is 0 Å². The van der Waals surface area contributed by atoms with Crippen LogP contribution in [-0.2, 0) is 14.3 Å². The summed E-state index contributed by atoms with van der Waals surface area (Å²) >= 11 is 2.36. The van der Waals surface area contributed by atoms with Crippen LogP contribution in [-0.4, -0.2) is 35.2 Å². The van der Waals surface area contributed by atoms with Crippen LogP contribution in [0.1, 0.15) is 24.3 Å². The molecule has 0 bridgehead atoms. The number of thioether (sulfide) groups is 1. The first-order chi connectivity index (χ1) is 10.4. The molecular formula is C15H17NO4S2. The lowest BCUT2D eigenvalue weighted by molar-refractivity contribution is -0.147. The molecule has 0 aliphatic carbocycles. The highest BCUT2D eigenvalue weighted by Gasteiger charge is 2.36. The van der Waals surface area contributed by atoms with Gasteiger partial charge in [0.1, 0.15) is 6.54 Å². The van der Waals surface area contributed by atoms with E-state index < -0.39 is 17.1 Å². The van der Waals surface area contributed by atoms with E-state index in [1.807, 2.05) is 32.2 Å². The summed E-state index contributed by atoms with van der Waals surface area (Å²) in [6, 6.07) is 1.95. The van der Waals surface area contributed by atoms with Gasteiger partial charge in [-0.15, -0.1) is 11.3 Å². The molecule has 0 atom stereocenters. The number of esters is 1. The number of amides is 2. The Bertz CT molecular complexity index is 633. The van der Waals surface area contributed by atoms with Gasteiger partial charge in [-0.05, 0) is 47.7 Å². The van der Waals surface area contributed by atoms with E-state index in [2.05, 4.69) is 0 Å². The fourth-order valence-corrected chi connectivity index (χ4v) is 3.48. The summed E-state index contributed by atoms with van der Waals surface area (Å²) < 4.78 is 5.01. The second-order valence-electron chi connectivity index (χ2n) is 5.31. The molecule has 2 amide bonds. The van der Waals surface area contributed by atoms with Crippen molar-refractivity contribution in [1.29, 1.82) is 0 Å². The third-order valence-electron chi connectivity index (χ3n) is 2.90. The SMILES string of the molecule is Cc1ccsc1/C=C1/SC(=O)N(CC(=O)OCC(C)C)C1=O. The Balaban J connectivity index is 2.04. The average molecular weight is 339 g/mol. The van der Waals surface area contributed by atoms with E-state index in [4.69, 9.17) is 4.74 Å². The van der Waals surface area contributed by atoms with Crippen LogP contribution in [0.4, 0.5) is 4.79 Å².